The van der Waals surface area contributed by atoms with Crippen molar-refractivity contribution < 1.29 is 0 Å². The summed E-state index contributed by atoms with van der Waals surface area (Å²) in [6.07, 6.45) is 6.96. The average Bonchev–Trinajstić information content (AvgIpc) is 3.02. The van der Waals surface area contributed by atoms with Gasteiger partial charge in [0.25, 0.3) is 0 Å². The molecule has 1 aromatic carbocycles. The molecule has 0 unspecified atom stereocenters. The Morgan fingerprint density at radius 1 is 1.29 bits per heavy atom. The molecule has 2 rings (SSSR count). The van der Waals surface area contributed by atoms with E-state index in [0.717, 1.165) is 25.1 Å². The number of guanidine groups is 1. The lowest BCUT2D eigenvalue weighted by atomic mass is 10.1. The van der Waals surface area contributed by atoms with Crippen LogP contribution in [0.4, 0.5) is 0 Å². The first kappa shape index (κ1) is 14.6. The summed E-state index contributed by atoms with van der Waals surface area (Å²) in [6, 6.07) is 10.2. The van der Waals surface area contributed by atoms with Gasteiger partial charge in [0.15, 0.2) is 6.19 Å². The van der Waals surface area contributed by atoms with E-state index in [4.69, 9.17) is 5.26 Å². The lowest BCUT2D eigenvalue weighted by molar-refractivity contribution is 0.826. The van der Waals surface area contributed by atoms with Gasteiger partial charge in [0.2, 0.25) is 5.96 Å². The van der Waals surface area contributed by atoms with Crippen molar-refractivity contribution in [3.8, 4) is 6.19 Å². The van der Waals surface area contributed by atoms with Gasteiger partial charge in [-0.15, -0.1) is 0 Å². The molecule has 3 N–H and O–H groups in total. The van der Waals surface area contributed by atoms with E-state index in [1.54, 1.807) is 12.5 Å². The summed E-state index contributed by atoms with van der Waals surface area (Å²) >= 11 is 0. The van der Waals surface area contributed by atoms with Gasteiger partial charge in [0, 0.05) is 31.4 Å². The molecule has 0 aliphatic heterocycles. The molecule has 0 amide bonds. The SMILES string of the molecule is N#CNC(=NCCc1cnc[nH]1)NCCc1ccccc1. The monoisotopic (exact) mass is 282 g/mol. The number of hydrogen-bond acceptors (Lipinski definition) is 3. The average molecular weight is 282 g/mol. The number of benzene rings is 1. The molecule has 0 saturated heterocycles. The van der Waals surface area contributed by atoms with Crippen LogP contribution in [0.15, 0.2) is 47.8 Å². The van der Waals surface area contributed by atoms with Crippen LogP contribution in [-0.2, 0) is 12.8 Å². The van der Waals surface area contributed by atoms with Crippen LogP contribution in [0.3, 0.4) is 0 Å². The summed E-state index contributed by atoms with van der Waals surface area (Å²) in [7, 11) is 0. The molecule has 2 aromatic rings. The van der Waals surface area contributed by atoms with E-state index in [1.165, 1.54) is 5.56 Å². The third-order valence-corrected chi connectivity index (χ3v) is 2.93. The number of rotatable bonds is 6. The van der Waals surface area contributed by atoms with Crippen molar-refractivity contribution in [2.45, 2.75) is 12.8 Å². The Morgan fingerprint density at radius 2 is 2.14 bits per heavy atom. The summed E-state index contributed by atoms with van der Waals surface area (Å²) < 4.78 is 0. The highest BCUT2D eigenvalue weighted by atomic mass is 15.2. The number of H-pyrrole nitrogens is 1. The van der Waals surface area contributed by atoms with E-state index >= 15 is 0 Å². The second kappa shape index (κ2) is 8.38. The maximum Gasteiger partial charge on any atom is 0.204 e. The predicted molar refractivity (Wildman–Crippen MR) is 81.5 cm³/mol. The zero-order valence-corrected chi connectivity index (χ0v) is 11.7. The first-order chi connectivity index (χ1) is 10.4. The number of nitrogens with one attached hydrogen (secondary N) is 3. The standard InChI is InChI=1S/C15H18N6/c16-11-20-15(19-9-7-14-10-17-12-21-14)18-8-6-13-4-2-1-3-5-13/h1-5,10,12H,6-9H2,(H,17,21)(H2,18,19,20). The number of hydrogen-bond donors (Lipinski definition) is 3. The molecular formula is C15H18N6. The number of nitriles is 1. The number of imidazole rings is 1. The Balaban J connectivity index is 1.77. The molecule has 0 saturated carbocycles. The number of nitrogens with zero attached hydrogens (tertiary/aromatic N) is 3. The summed E-state index contributed by atoms with van der Waals surface area (Å²) in [5, 5.41) is 14.4. The van der Waals surface area contributed by atoms with Gasteiger partial charge in [-0.05, 0) is 12.0 Å². The molecular weight excluding hydrogens is 264 g/mol. The Bertz CT molecular complexity index is 582. The van der Waals surface area contributed by atoms with Gasteiger partial charge >= 0.3 is 0 Å². The van der Waals surface area contributed by atoms with Crippen LogP contribution in [0.1, 0.15) is 11.3 Å². The molecule has 1 aromatic heterocycles. The summed E-state index contributed by atoms with van der Waals surface area (Å²) in [5.74, 6) is 0.507. The normalized spacial score (nSPS) is 10.9. The van der Waals surface area contributed by atoms with E-state index < -0.39 is 0 Å². The van der Waals surface area contributed by atoms with Gasteiger partial charge in [-0.2, -0.15) is 5.26 Å². The Labute approximate surface area is 123 Å². The van der Waals surface area contributed by atoms with E-state index in [1.807, 2.05) is 24.4 Å². The highest BCUT2D eigenvalue weighted by molar-refractivity contribution is 5.81. The molecule has 1 heterocycles. The van der Waals surface area contributed by atoms with Crippen LogP contribution in [0, 0.1) is 11.5 Å². The third kappa shape index (κ3) is 5.37. The molecule has 0 radical (unpaired) electrons. The highest BCUT2D eigenvalue weighted by Crippen LogP contribution is 1.98. The molecule has 21 heavy (non-hydrogen) atoms. The van der Waals surface area contributed by atoms with Crippen LogP contribution < -0.4 is 10.6 Å². The van der Waals surface area contributed by atoms with Gasteiger partial charge < -0.3 is 10.3 Å². The van der Waals surface area contributed by atoms with Crippen LogP contribution in [0.25, 0.3) is 0 Å². The van der Waals surface area contributed by atoms with Crippen molar-refractivity contribution in [1.82, 2.24) is 20.6 Å². The number of aliphatic imine (C=N–C) groups is 1. The number of aromatic amines is 1. The van der Waals surface area contributed by atoms with Crippen molar-refractivity contribution in [1.29, 1.82) is 5.26 Å². The van der Waals surface area contributed by atoms with E-state index in [2.05, 4.69) is 37.7 Å². The fourth-order valence-corrected chi connectivity index (χ4v) is 1.87. The molecule has 0 atom stereocenters. The molecule has 0 aliphatic rings. The third-order valence-electron chi connectivity index (χ3n) is 2.93. The highest BCUT2D eigenvalue weighted by Gasteiger charge is 1.98. The molecule has 0 fully saturated rings. The zero-order chi connectivity index (χ0) is 14.8. The van der Waals surface area contributed by atoms with E-state index in [-0.39, 0.29) is 0 Å². The van der Waals surface area contributed by atoms with E-state index in [0.29, 0.717) is 12.5 Å². The maximum absolute atomic E-state index is 8.74. The minimum absolute atomic E-state index is 0.507. The van der Waals surface area contributed by atoms with Crippen molar-refractivity contribution in [3.05, 3.63) is 54.1 Å². The molecule has 0 spiro atoms. The van der Waals surface area contributed by atoms with Crippen LogP contribution in [-0.4, -0.2) is 29.0 Å². The van der Waals surface area contributed by atoms with Crippen LogP contribution in [0.2, 0.25) is 0 Å². The first-order valence-corrected chi connectivity index (χ1v) is 6.83. The van der Waals surface area contributed by atoms with Gasteiger partial charge in [-0.1, -0.05) is 30.3 Å². The second-order valence-electron chi connectivity index (χ2n) is 4.46. The second-order valence-corrected chi connectivity index (χ2v) is 4.46. The van der Waals surface area contributed by atoms with Gasteiger partial charge in [-0.25, -0.2) is 4.98 Å². The minimum atomic E-state index is 0.507. The maximum atomic E-state index is 8.74. The van der Waals surface area contributed by atoms with Crippen molar-refractivity contribution >= 4 is 5.96 Å². The fourth-order valence-electron chi connectivity index (χ4n) is 1.87. The van der Waals surface area contributed by atoms with Crippen LogP contribution >= 0.6 is 0 Å². The summed E-state index contributed by atoms with van der Waals surface area (Å²) in [5.41, 5.74) is 2.28. The largest absolute Gasteiger partial charge is 0.355 e. The predicted octanol–water partition coefficient (Wildman–Crippen LogP) is 1.21. The zero-order valence-electron chi connectivity index (χ0n) is 11.7. The Morgan fingerprint density at radius 3 is 2.86 bits per heavy atom. The fraction of sp³-hybridized carbons (Fsp3) is 0.267. The number of aromatic nitrogens is 2. The van der Waals surface area contributed by atoms with Gasteiger partial charge in [0.1, 0.15) is 0 Å². The minimum Gasteiger partial charge on any atom is -0.355 e. The van der Waals surface area contributed by atoms with Crippen molar-refractivity contribution in [3.63, 3.8) is 0 Å². The van der Waals surface area contributed by atoms with Gasteiger partial charge in [0.05, 0.1) is 6.33 Å². The lowest BCUT2D eigenvalue weighted by Gasteiger charge is -2.08. The molecule has 6 heteroatoms. The van der Waals surface area contributed by atoms with Crippen LogP contribution in [0.5, 0.6) is 0 Å². The quantitative estimate of drug-likeness (QED) is 0.321. The molecule has 108 valence electrons. The van der Waals surface area contributed by atoms with Crippen molar-refractivity contribution in [2.24, 2.45) is 4.99 Å². The summed E-state index contributed by atoms with van der Waals surface area (Å²) in [6.45, 7) is 1.31. The Hall–Kier alpha value is -2.81. The topological polar surface area (TPSA) is 88.9 Å². The molecule has 0 aliphatic carbocycles. The molecule has 0 bridgehead atoms. The smallest absolute Gasteiger partial charge is 0.204 e. The van der Waals surface area contributed by atoms with Gasteiger partial charge in [-0.3, -0.25) is 10.3 Å². The molecule has 6 nitrogen and oxygen atoms in total. The summed E-state index contributed by atoms with van der Waals surface area (Å²) in [4.78, 5) is 11.3. The Kier molecular flexibility index (Phi) is 5.82. The van der Waals surface area contributed by atoms with E-state index in [9.17, 15) is 0 Å². The van der Waals surface area contributed by atoms with Crippen molar-refractivity contribution in [2.75, 3.05) is 13.1 Å². The first-order valence-electron chi connectivity index (χ1n) is 6.83. The lowest BCUT2D eigenvalue weighted by Crippen LogP contribution is -2.36.